The Morgan fingerprint density at radius 2 is 1.46 bits per heavy atom. The predicted molar refractivity (Wildman–Crippen MR) is 334 cm³/mol. The van der Waals surface area contributed by atoms with Gasteiger partial charge in [0.25, 0.3) is 5.91 Å². The van der Waals surface area contributed by atoms with E-state index in [1.807, 2.05) is 34.6 Å². The van der Waals surface area contributed by atoms with E-state index in [4.69, 9.17) is 49.7 Å². The number of carboxylic acids is 1. The molecular weight excluding hydrogens is 1220 g/mol. The van der Waals surface area contributed by atoms with Crippen LogP contribution in [-0.2, 0) is 62.7 Å². The van der Waals surface area contributed by atoms with Gasteiger partial charge in [0.2, 0.25) is 5.78 Å². The van der Waals surface area contributed by atoms with Crippen molar-refractivity contribution < 1.29 is 113 Å². The van der Waals surface area contributed by atoms with Crippen LogP contribution in [0.5, 0.6) is 5.75 Å². The van der Waals surface area contributed by atoms with E-state index in [9.17, 15) is 74.7 Å². The molecule has 0 radical (unpaired) electrons. The number of amides is 2. The molecule has 526 valence electrons. The lowest BCUT2D eigenvalue weighted by atomic mass is 9.54. The third-order valence-electron chi connectivity index (χ3n) is 20.8. The zero-order chi connectivity index (χ0) is 69.9. The standard InChI is InChI=1S/C44H79NO15.C22H25N3O8/c1-14-31-44(12,53)36(49)27(6)26(5)24(3)21-42(10,52)37(59-40-34(48)23(2)20-25(4)55-40)28(7)35(29(8)39(50)57-31)58-33-22-43(11,54-13)38(30(9)56-33)60-41(51)45-19-17-15-16-18-32(46)47;1-21(32)8-3-2-4-11(26)12(8)16(27)13-9(21)7-10-15(25-6-5-23)17(28)14(20(24)31)19(30)22(10,33)18(13)29/h23-31,33-38,40,48-49,52-53H,14-22H2,1-13H3,(H,45,51)(H,46,47);2-4,9-10,15,25-27,30,32-33H,5-7,23H2,1H3,(H2,24,31)/t23?,24-,25?,26+,27+,28+,29-,30?,31-,33?,34?,35+,36-,37-,38?,40?,42-,43?,44-;9-,10-,15-,21+,22-/m10/s1. The second kappa shape index (κ2) is 30.3. The maximum atomic E-state index is 14.3. The van der Waals surface area contributed by atoms with Crippen LogP contribution < -0.4 is 22.1 Å². The van der Waals surface area contributed by atoms with Crippen molar-refractivity contribution in [2.45, 2.75) is 243 Å². The minimum Gasteiger partial charge on any atom is -0.508 e. The molecule has 16 N–H and O–H groups in total. The van der Waals surface area contributed by atoms with Crippen LogP contribution in [-0.4, -0.2) is 203 Å². The molecule has 6 aliphatic rings. The Morgan fingerprint density at radius 3 is 2.06 bits per heavy atom. The Kier molecular flexibility index (Phi) is 25.0. The van der Waals surface area contributed by atoms with Crippen molar-refractivity contribution in [2.75, 3.05) is 26.7 Å². The zero-order valence-corrected chi connectivity index (χ0v) is 56.1. The van der Waals surface area contributed by atoms with Crippen LogP contribution in [0.15, 0.2) is 35.1 Å². The van der Waals surface area contributed by atoms with E-state index < -0.39 is 183 Å². The molecule has 0 bridgehead atoms. The fourth-order valence-electron chi connectivity index (χ4n) is 15.1. The van der Waals surface area contributed by atoms with Crippen LogP contribution in [0.1, 0.15) is 159 Å². The second-order valence-electron chi connectivity index (χ2n) is 27.8. The number of methoxy groups -OCH3 is 1. The molecule has 8 unspecified atom stereocenters. The van der Waals surface area contributed by atoms with Crippen molar-refractivity contribution >= 4 is 41.3 Å². The lowest BCUT2D eigenvalue weighted by molar-refractivity contribution is -0.318. The van der Waals surface area contributed by atoms with Crippen LogP contribution in [0.2, 0.25) is 0 Å². The molecule has 27 nitrogen and oxygen atoms in total. The number of benzene rings is 1. The quantitative estimate of drug-likeness (QED) is 0.0602. The normalized spacial score (nSPS) is 40.9. The molecule has 3 heterocycles. The summed E-state index contributed by atoms with van der Waals surface area (Å²) in [7, 11) is 1.49. The number of carbonyl (C=O) groups is 6. The number of hydrogen-bond donors (Lipinski definition) is 14. The van der Waals surface area contributed by atoms with Gasteiger partial charge in [-0.05, 0) is 122 Å². The number of hydrogen-bond acceptors (Lipinski definition) is 24. The number of phenols is 1. The molecule has 1 saturated carbocycles. The van der Waals surface area contributed by atoms with E-state index in [2.05, 4.69) is 10.6 Å². The SMILES string of the molecule is CC[C@H]1OC(=O)[C@H](C)[C@@H](OC2CC(C)(OC)C(OC(=O)NCCCCCC(=O)O)C(C)O2)[C@H](C)[C@@H](OC2OC(C)CC(C)C2O)[C@](C)(O)C[C@@H](C)[C@H](C)[C@H](C)[C@@H](O)[C@]1(C)O.C[C@@]1(O)c2cccc(O)c2C(O)=C2C(=O)[C@]3(O)C(O)=C(C(N)=O)C(=O)[C@@H](NCCN)[C@@H]3C[C@@H]21. The number of ketones is 2. The van der Waals surface area contributed by atoms with Crippen molar-refractivity contribution in [2.24, 2.45) is 58.8 Å². The molecule has 7 rings (SSSR count). The summed E-state index contributed by atoms with van der Waals surface area (Å²) >= 11 is 0. The summed E-state index contributed by atoms with van der Waals surface area (Å²) in [5.41, 5.74) is 0.235. The molecule has 24 atom stereocenters. The number of aliphatic hydroxyl groups is 8. The molecule has 3 saturated heterocycles. The van der Waals surface area contributed by atoms with E-state index >= 15 is 0 Å². The Labute approximate surface area is 543 Å². The number of alkyl carbamates (subject to hydrolysis) is 1. The zero-order valence-electron chi connectivity index (χ0n) is 56.1. The minimum absolute atomic E-state index is 0.0539. The van der Waals surface area contributed by atoms with Crippen molar-refractivity contribution in [1.82, 2.24) is 10.6 Å². The van der Waals surface area contributed by atoms with Gasteiger partial charge in [0.1, 0.15) is 46.3 Å². The molecule has 4 fully saturated rings. The lowest BCUT2D eigenvalue weighted by Crippen LogP contribution is -2.67. The number of unbranched alkanes of at least 4 members (excludes halogenated alkanes) is 2. The molecule has 93 heavy (non-hydrogen) atoms. The number of aliphatic hydroxyl groups excluding tert-OH is 4. The van der Waals surface area contributed by atoms with Crippen LogP contribution in [0.3, 0.4) is 0 Å². The lowest BCUT2D eigenvalue weighted by Gasteiger charge is -2.52. The fourth-order valence-corrected chi connectivity index (χ4v) is 15.1. The number of Topliss-reactive ketones (excluding diaryl/α,β-unsaturated/α-hetero) is 2. The molecule has 0 spiro atoms. The first-order chi connectivity index (χ1) is 43.2. The number of carbonyl (C=O) groups excluding carboxylic acids is 5. The molecule has 1 aromatic rings. The number of primary amides is 1. The van der Waals surface area contributed by atoms with Crippen molar-refractivity contribution in [3.63, 3.8) is 0 Å². The maximum Gasteiger partial charge on any atom is 0.407 e. The molecular formula is C66H104N4O23. The van der Waals surface area contributed by atoms with Gasteiger partial charge in [-0.2, -0.15) is 0 Å². The molecule has 27 heteroatoms. The summed E-state index contributed by atoms with van der Waals surface area (Å²) in [6.45, 7) is 23.2. The average molecular weight is 1320 g/mol. The summed E-state index contributed by atoms with van der Waals surface area (Å²) in [6, 6.07) is 2.87. The first-order valence-electron chi connectivity index (χ1n) is 32.5. The third kappa shape index (κ3) is 15.7. The van der Waals surface area contributed by atoms with Crippen molar-refractivity contribution in [3.8, 4) is 5.75 Å². The highest BCUT2D eigenvalue weighted by molar-refractivity contribution is 6.24. The van der Waals surface area contributed by atoms with E-state index in [0.29, 0.717) is 32.2 Å². The fraction of sp³-hybridized carbons (Fsp3) is 0.758. The monoisotopic (exact) mass is 1320 g/mol. The Balaban J connectivity index is 0.000000347. The molecule has 2 amide bonds. The number of nitrogens with two attached hydrogens (primary N) is 2. The average Bonchev–Trinajstić information content (AvgIpc) is 0.692. The van der Waals surface area contributed by atoms with Gasteiger partial charge in [-0.25, -0.2) is 4.79 Å². The highest BCUT2D eigenvalue weighted by atomic mass is 16.7. The Morgan fingerprint density at radius 1 is 0.806 bits per heavy atom. The molecule has 0 aromatic heterocycles. The van der Waals surface area contributed by atoms with Crippen molar-refractivity contribution in [3.05, 3.63) is 46.2 Å². The number of aliphatic carboxylic acids is 1. The molecule has 3 aliphatic carbocycles. The summed E-state index contributed by atoms with van der Waals surface area (Å²) in [5, 5.41) is 117. The summed E-state index contributed by atoms with van der Waals surface area (Å²) in [6.07, 6.45) is -7.66. The molecule has 3 aliphatic heterocycles. The molecule has 1 aromatic carbocycles. The number of cyclic esters (lactones) is 1. The van der Waals surface area contributed by atoms with Gasteiger partial charge in [0.15, 0.2) is 30.1 Å². The van der Waals surface area contributed by atoms with Gasteiger partial charge in [-0.15, -0.1) is 0 Å². The summed E-state index contributed by atoms with van der Waals surface area (Å²) < 4.78 is 43.9. The van der Waals surface area contributed by atoms with Gasteiger partial charge in [0, 0.05) is 62.9 Å². The Bertz CT molecular complexity index is 2920. The number of aromatic hydroxyl groups is 1. The van der Waals surface area contributed by atoms with Crippen LogP contribution >= 0.6 is 0 Å². The smallest absolute Gasteiger partial charge is 0.407 e. The predicted octanol–water partition coefficient (Wildman–Crippen LogP) is 3.55. The number of phenolic OH excluding ortho intramolecular Hbond substituents is 1. The number of ether oxygens (including phenoxy) is 7. The van der Waals surface area contributed by atoms with E-state index in [1.165, 1.54) is 39.2 Å². The van der Waals surface area contributed by atoms with Crippen LogP contribution in [0, 0.1) is 47.3 Å². The van der Waals surface area contributed by atoms with Crippen LogP contribution in [0.25, 0.3) is 5.76 Å². The highest BCUT2D eigenvalue weighted by Crippen LogP contribution is 2.57. The van der Waals surface area contributed by atoms with Crippen LogP contribution in [0.4, 0.5) is 4.79 Å². The number of fused-ring (bicyclic) bond motifs is 3. The Hall–Kier alpha value is -5.40. The number of esters is 1. The first kappa shape index (κ1) is 76.6. The topological polar surface area (TPSA) is 445 Å². The summed E-state index contributed by atoms with van der Waals surface area (Å²) in [5.74, 6) is -12.7. The van der Waals surface area contributed by atoms with E-state index in [-0.39, 0.29) is 80.2 Å². The van der Waals surface area contributed by atoms with Gasteiger partial charge in [0.05, 0.1) is 59.2 Å². The van der Waals surface area contributed by atoms with Gasteiger partial charge in [-0.1, -0.05) is 60.1 Å². The maximum absolute atomic E-state index is 14.3. The number of nitrogens with one attached hydrogen (secondary N) is 2. The second-order valence-corrected chi connectivity index (χ2v) is 27.8. The highest BCUT2D eigenvalue weighted by Gasteiger charge is 2.66. The number of carboxylic acid groups (broad SMARTS) is 1. The van der Waals surface area contributed by atoms with E-state index in [1.54, 1.807) is 41.5 Å². The van der Waals surface area contributed by atoms with Gasteiger partial charge in [-0.3, -0.25) is 24.0 Å². The minimum atomic E-state index is -2.79. The largest absolute Gasteiger partial charge is 0.508 e. The van der Waals surface area contributed by atoms with Gasteiger partial charge < -0.3 is 106 Å². The van der Waals surface area contributed by atoms with Gasteiger partial charge >= 0.3 is 18.0 Å². The third-order valence-corrected chi connectivity index (χ3v) is 20.8. The first-order valence-corrected chi connectivity index (χ1v) is 32.5. The summed E-state index contributed by atoms with van der Waals surface area (Å²) in [4.78, 5) is 76.7. The van der Waals surface area contributed by atoms with Crippen molar-refractivity contribution in [1.29, 1.82) is 0 Å². The van der Waals surface area contributed by atoms with E-state index in [0.717, 1.165) is 0 Å². The number of rotatable bonds is 17.